The second-order valence-corrected chi connectivity index (χ2v) is 13.1. The highest BCUT2D eigenvalue weighted by Gasteiger charge is 2.27. The van der Waals surface area contributed by atoms with E-state index in [0.717, 1.165) is 17.1 Å². The first-order chi connectivity index (χ1) is 16.1. The molecule has 0 unspecified atom stereocenters. The van der Waals surface area contributed by atoms with Gasteiger partial charge in [-0.3, -0.25) is 9.97 Å². The third-order valence-corrected chi connectivity index (χ3v) is 7.56. The van der Waals surface area contributed by atoms with Crippen molar-refractivity contribution in [2.24, 2.45) is 0 Å². The Bertz CT molecular complexity index is 1240. The average molecular weight is 492 g/mol. The van der Waals surface area contributed by atoms with Crippen LogP contribution in [0.2, 0.25) is 0 Å². The fourth-order valence-electron chi connectivity index (χ4n) is 3.93. The normalized spacial score (nSPS) is 12.4. The fourth-order valence-corrected chi connectivity index (χ4v) is 5.96. The Kier molecular flexibility index (Phi) is 7.41. The Morgan fingerprint density at radius 3 is 2.15 bits per heavy atom. The van der Waals surface area contributed by atoms with Crippen LogP contribution in [0, 0.1) is 0 Å². The van der Waals surface area contributed by atoms with Gasteiger partial charge in [-0.25, -0.2) is 0 Å². The van der Waals surface area contributed by atoms with E-state index in [1.54, 1.807) is 11.8 Å². The maximum absolute atomic E-state index is 10.8. The Morgan fingerprint density at radius 2 is 1.56 bits per heavy atom. The summed E-state index contributed by atoms with van der Waals surface area (Å²) in [5.74, 6) is 0.833. The lowest BCUT2D eigenvalue weighted by molar-refractivity contribution is 0.0785. The molecule has 4 rings (SSSR count). The molecule has 4 aromatic rings. The molecule has 178 valence electrons. The molecular weight excluding hydrogens is 458 g/mol. The molecule has 0 saturated carbocycles. The van der Waals surface area contributed by atoms with E-state index in [4.69, 9.17) is 0 Å². The number of aromatic nitrogens is 3. The van der Waals surface area contributed by atoms with Crippen LogP contribution >= 0.6 is 23.5 Å². The van der Waals surface area contributed by atoms with Gasteiger partial charge in [-0.1, -0.05) is 32.9 Å². The third-order valence-electron chi connectivity index (χ3n) is 5.26. The lowest BCUT2D eigenvalue weighted by Crippen LogP contribution is -2.24. The molecule has 4 nitrogen and oxygen atoms in total. The van der Waals surface area contributed by atoms with Gasteiger partial charge in [0.1, 0.15) is 0 Å². The van der Waals surface area contributed by atoms with Crippen LogP contribution in [0.25, 0.3) is 10.9 Å². The molecule has 0 aliphatic carbocycles. The van der Waals surface area contributed by atoms with Crippen molar-refractivity contribution in [2.45, 2.75) is 73.5 Å². The number of benzene rings is 1. The van der Waals surface area contributed by atoms with Crippen molar-refractivity contribution in [2.75, 3.05) is 0 Å². The lowest BCUT2D eigenvalue weighted by Gasteiger charge is -2.23. The van der Waals surface area contributed by atoms with E-state index in [1.807, 2.05) is 62.3 Å². The van der Waals surface area contributed by atoms with E-state index in [-0.39, 0.29) is 4.75 Å². The molecule has 1 N–H and O–H groups in total. The molecule has 0 spiro atoms. The predicted molar refractivity (Wildman–Crippen MR) is 145 cm³/mol. The minimum Gasteiger partial charge on any atom is -0.390 e. The van der Waals surface area contributed by atoms with Gasteiger partial charge in [0.2, 0.25) is 0 Å². The average Bonchev–Trinajstić information content (AvgIpc) is 3.03. The Balaban J connectivity index is 1.82. The van der Waals surface area contributed by atoms with Gasteiger partial charge in [0.05, 0.1) is 23.5 Å². The largest absolute Gasteiger partial charge is 0.390 e. The number of aliphatic hydroxyl groups is 1. The molecule has 3 heterocycles. The van der Waals surface area contributed by atoms with Gasteiger partial charge in [0, 0.05) is 55.7 Å². The summed E-state index contributed by atoms with van der Waals surface area (Å²) in [5, 5.41) is 12.1. The van der Waals surface area contributed by atoms with E-state index in [2.05, 4.69) is 65.6 Å². The molecule has 34 heavy (non-hydrogen) atoms. The Morgan fingerprint density at radius 1 is 0.882 bits per heavy atom. The number of pyridine rings is 2. The molecule has 0 radical (unpaired) electrons. The molecule has 0 saturated heterocycles. The summed E-state index contributed by atoms with van der Waals surface area (Å²) in [6.45, 7) is 11.2. The van der Waals surface area contributed by atoms with E-state index < -0.39 is 5.60 Å². The van der Waals surface area contributed by atoms with E-state index in [1.165, 1.54) is 26.4 Å². The van der Waals surface area contributed by atoms with Crippen LogP contribution in [0.1, 0.15) is 51.7 Å². The first kappa shape index (κ1) is 24.8. The summed E-state index contributed by atoms with van der Waals surface area (Å²) in [7, 11) is 0. The van der Waals surface area contributed by atoms with Crippen molar-refractivity contribution in [1.29, 1.82) is 0 Å². The van der Waals surface area contributed by atoms with Crippen molar-refractivity contribution < 1.29 is 5.11 Å². The number of hydrogen-bond acceptors (Lipinski definition) is 5. The molecule has 0 bridgehead atoms. The van der Waals surface area contributed by atoms with Crippen LogP contribution in [-0.4, -0.2) is 30.0 Å². The second kappa shape index (κ2) is 10.1. The van der Waals surface area contributed by atoms with Crippen LogP contribution < -0.4 is 0 Å². The molecular formula is C28H33N3OS2. The molecule has 6 heteroatoms. The first-order valence-corrected chi connectivity index (χ1v) is 13.4. The fraction of sp³-hybridized carbons (Fsp3) is 0.357. The topological polar surface area (TPSA) is 50.9 Å². The van der Waals surface area contributed by atoms with Crippen molar-refractivity contribution >= 4 is 34.4 Å². The molecule has 3 aromatic heterocycles. The van der Waals surface area contributed by atoms with E-state index in [9.17, 15) is 5.11 Å². The zero-order valence-electron chi connectivity index (χ0n) is 20.6. The van der Waals surface area contributed by atoms with Crippen LogP contribution in [0.5, 0.6) is 0 Å². The van der Waals surface area contributed by atoms with Gasteiger partial charge >= 0.3 is 0 Å². The standard InChI is InChI=1S/C28H33N3OS2/c1-27(2,3)34-26-23-16-22(33-19-21-11-7-9-15-30-21)12-13-24(23)31(25(26)17-28(4,5)32)18-20-10-6-8-14-29-20/h6-16,32H,17-19H2,1-5H3. The van der Waals surface area contributed by atoms with Crippen LogP contribution in [0.3, 0.4) is 0 Å². The minimum atomic E-state index is -0.819. The summed E-state index contributed by atoms with van der Waals surface area (Å²) in [6, 6.07) is 18.8. The van der Waals surface area contributed by atoms with Gasteiger partial charge in [0.25, 0.3) is 0 Å². The first-order valence-electron chi connectivity index (χ1n) is 11.6. The molecule has 0 amide bonds. The maximum atomic E-state index is 10.8. The zero-order chi connectivity index (χ0) is 24.3. The Hall–Kier alpha value is -2.28. The molecule has 0 fully saturated rings. The summed E-state index contributed by atoms with van der Waals surface area (Å²) < 4.78 is 2.38. The number of rotatable bonds is 8. The Labute approximate surface area is 211 Å². The summed E-state index contributed by atoms with van der Waals surface area (Å²) in [4.78, 5) is 11.5. The predicted octanol–water partition coefficient (Wildman–Crippen LogP) is 6.98. The van der Waals surface area contributed by atoms with Crippen molar-refractivity contribution in [1.82, 2.24) is 14.5 Å². The van der Waals surface area contributed by atoms with Crippen LogP contribution in [0.4, 0.5) is 0 Å². The lowest BCUT2D eigenvalue weighted by atomic mass is 10.0. The quantitative estimate of drug-likeness (QED) is 0.270. The summed E-state index contributed by atoms with van der Waals surface area (Å²) in [6.07, 6.45) is 4.26. The van der Waals surface area contributed by atoms with Gasteiger partial charge < -0.3 is 9.67 Å². The minimum absolute atomic E-state index is 0.0373. The molecule has 0 atom stereocenters. The third kappa shape index (κ3) is 6.44. The summed E-state index contributed by atoms with van der Waals surface area (Å²) in [5.41, 5.74) is 3.61. The van der Waals surface area contributed by atoms with E-state index >= 15 is 0 Å². The molecule has 0 aliphatic heterocycles. The molecule has 0 aliphatic rings. The highest BCUT2D eigenvalue weighted by atomic mass is 32.2. The highest BCUT2D eigenvalue weighted by Crippen LogP contribution is 2.43. The van der Waals surface area contributed by atoms with Gasteiger partial charge in [-0.05, 0) is 56.3 Å². The number of nitrogens with zero attached hydrogens (tertiary/aromatic N) is 3. The second-order valence-electron chi connectivity index (χ2n) is 10.2. The highest BCUT2D eigenvalue weighted by molar-refractivity contribution is 8.01. The molecule has 1 aromatic carbocycles. The van der Waals surface area contributed by atoms with Crippen molar-refractivity contribution in [3.05, 3.63) is 84.1 Å². The maximum Gasteiger partial charge on any atom is 0.0651 e. The smallest absolute Gasteiger partial charge is 0.0651 e. The van der Waals surface area contributed by atoms with Crippen molar-refractivity contribution in [3.8, 4) is 0 Å². The van der Waals surface area contributed by atoms with Gasteiger partial charge in [0.15, 0.2) is 0 Å². The number of fused-ring (bicyclic) bond motifs is 1. The summed E-state index contributed by atoms with van der Waals surface area (Å²) >= 11 is 3.68. The van der Waals surface area contributed by atoms with Crippen LogP contribution in [0.15, 0.2) is 76.8 Å². The SMILES string of the molecule is CC(C)(O)Cc1c(SC(C)(C)C)c2cc(SCc3ccccn3)ccc2n1Cc1ccccn1. The van der Waals surface area contributed by atoms with Gasteiger partial charge in [-0.2, -0.15) is 0 Å². The van der Waals surface area contributed by atoms with Crippen LogP contribution in [-0.2, 0) is 18.7 Å². The van der Waals surface area contributed by atoms with Crippen molar-refractivity contribution in [3.63, 3.8) is 0 Å². The number of thioether (sulfide) groups is 2. The zero-order valence-corrected chi connectivity index (χ0v) is 22.2. The number of hydrogen-bond donors (Lipinski definition) is 1. The van der Waals surface area contributed by atoms with E-state index in [0.29, 0.717) is 13.0 Å². The van der Waals surface area contributed by atoms with Gasteiger partial charge in [-0.15, -0.1) is 23.5 Å². The monoisotopic (exact) mass is 491 g/mol.